The predicted octanol–water partition coefficient (Wildman–Crippen LogP) is 2.17. The fourth-order valence-electron chi connectivity index (χ4n) is 3.41. The first-order chi connectivity index (χ1) is 12.1. The van der Waals surface area contributed by atoms with Gasteiger partial charge in [-0.25, -0.2) is 13.1 Å². The number of hydrogen-bond acceptors (Lipinski definition) is 5. The van der Waals surface area contributed by atoms with E-state index in [2.05, 4.69) is 9.62 Å². The first-order valence-corrected chi connectivity index (χ1v) is 11.4. The Labute approximate surface area is 154 Å². The summed E-state index contributed by atoms with van der Waals surface area (Å²) in [7, 11) is -3.45. The second-order valence-corrected chi connectivity index (χ2v) is 9.39. The highest BCUT2D eigenvalue weighted by molar-refractivity contribution is 7.99. The van der Waals surface area contributed by atoms with Crippen LogP contribution in [-0.2, 0) is 14.8 Å². The number of hydrogen-bond donors (Lipinski definition) is 1. The lowest BCUT2D eigenvalue weighted by molar-refractivity contribution is -0.0242. The molecule has 0 bridgehead atoms. The van der Waals surface area contributed by atoms with Crippen LogP contribution in [-0.4, -0.2) is 63.2 Å². The van der Waals surface area contributed by atoms with Gasteiger partial charge in [-0.2, -0.15) is 11.8 Å². The molecule has 0 unspecified atom stereocenters. The molecule has 1 aromatic rings. The fourth-order valence-corrected chi connectivity index (χ4v) is 5.56. The van der Waals surface area contributed by atoms with Crippen molar-refractivity contribution in [1.29, 1.82) is 0 Å². The minimum Gasteiger partial charge on any atom is -0.379 e. The Morgan fingerprint density at radius 3 is 2.52 bits per heavy atom. The molecule has 0 amide bonds. The van der Waals surface area contributed by atoms with E-state index < -0.39 is 10.0 Å². The van der Waals surface area contributed by atoms with Crippen molar-refractivity contribution in [2.75, 3.05) is 44.4 Å². The highest BCUT2D eigenvalue weighted by Crippen LogP contribution is 2.33. The van der Waals surface area contributed by atoms with Crippen molar-refractivity contribution in [2.45, 2.75) is 18.4 Å². The summed E-state index contributed by atoms with van der Waals surface area (Å²) in [5, 5.41) is 1.27. The average molecular weight is 383 g/mol. The Hall–Kier alpha value is -0.860. The second kappa shape index (κ2) is 8.68. The topological polar surface area (TPSA) is 58.6 Å². The number of morpholine rings is 1. The molecule has 138 valence electrons. The Morgan fingerprint density at radius 2 is 1.84 bits per heavy atom. The van der Waals surface area contributed by atoms with Gasteiger partial charge < -0.3 is 4.74 Å². The monoisotopic (exact) mass is 382 g/mol. The van der Waals surface area contributed by atoms with Crippen LogP contribution in [0.15, 0.2) is 35.7 Å². The third-order valence-corrected chi connectivity index (χ3v) is 6.97. The molecule has 2 saturated heterocycles. The molecule has 7 heteroatoms. The Bertz CT molecular complexity index is 665. The lowest BCUT2D eigenvalue weighted by Crippen LogP contribution is -2.60. The van der Waals surface area contributed by atoms with Crippen LogP contribution in [0.3, 0.4) is 0 Å². The maximum atomic E-state index is 12.4. The molecule has 5 nitrogen and oxygen atoms in total. The van der Waals surface area contributed by atoms with E-state index in [-0.39, 0.29) is 5.54 Å². The van der Waals surface area contributed by atoms with Gasteiger partial charge in [0, 0.05) is 30.6 Å². The molecular weight excluding hydrogens is 356 g/mol. The second-order valence-electron chi connectivity index (χ2n) is 6.52. The van der Waals surface area contributed by atoms with Crippen molar-refractivity contribution >= 4 is 27.9 Å². The van der Waals surface area contributed by atoms with Crippen LogP contribution in [0.4, 0.5) is 0 Å². The van der Waals surface area contributed by atoms with Crippen LogP contribution >= 0.6 is 11.8 Å². The van der Waals surface area contributed by atoms with E-state index in [1.165, 1.54) is 5.41 Å². The Balaban J connectivity index is 1.66. The summed E-state index contributed by atoms with van der Waals surface area (Å²) < 4.78 is 33.2. The molecule has 0 spiro atoms. The van der Waals surface area contributed by atoms with Crippen molar-refractivity contribution < 1.29 is 13.2 Å². The van der Waals surface area contributed by atoms with Crippen molar-refractivity contribution in [2.24, 2.45) is 0 Å². The molecule has 0 saturated carbocycles. The molecule has 2 aliphatic rings. The van der Waals surface area contributed by atoms with Crippen molar-refractivity contribution in [1.82, 2.24) is 9.62 Å². The van der Waals surface area contributed by atoms with Crippen LogP contribution < -0.4 is 4.72 Å². The van der Waals surface area contributed by atoms with E-state index in [0.717, 1.165) is 56.2 Å². The number of nitrogens with one attached hydrogen (secondary N) is 1. The van der Waals surface area contributed by atoms with Crippen molar-refractivity contribution in [3.8, 4) is 0 Å². The highest BCUT2D eigenvalue weighted by Gasteiger charge is 2.39. The maximum Gasteiger partial charge on any atom is 0.233 e. The molecule has 1 N–H and O–H groups in total. The number of rotatable bonds is 6. The molecule has 25 heavy (non-hydrogen) atoms. The minimum atomic E-state index is -3.45. The van der Waals surface area contributed by atoms with Gasteiger partial charge in [0.05, 0.1) is 13.2 Å². The van der Waals surface area contributed by atoms with Crippen LogP contribution in [0, 0.1) is 0 Å². The van der Waals surface area contributed by atoms with E-state index in [1.54, 1.807) is 6.08 Å². The van der Waals surface area contributed by atoms with Gasteiger partial charge in [-0.1, -0.05) is 30.3 Å². The molecule has 0 aromatic heterocycles. The van der Waals surface area contributed by atoms with Gasteiger partial charge in [0.15, 0.2) is 0 Å². The molecule has 3 rings (SSSR count). The fraction of sp³-hybridized carbons (Fsp3) is 0.556. The van der Waals surface area contributed by atoms with E-state index in [1.807, 2.05) is 42.1 Å². The molecule has 0 atom stereocenters. The summed E-state index contributed by atoms with van der Waals surface area (Å²) in [5.41, 5.74) is 0.799. The lowest BCUT2D eigenvalue weighted by Gasteiger charge is -2.47. The highest BCUT2D eigenvalue weighted by atomic mass is 32.2. The molecule has 0 aliphatic carbocycles. The normalized spacial score (nSPS) is 22.2. The van der Waals surface area contributed by atoms with Crippen LogP contribution in [0.5, 0.6) is 0 Å². The van der Waals surface area contributed by atoms with E-state index in [9.17, 15) is 8.42 Å². The summed E-state index contributed by atoms with van der Waals surface area (Å²) in [5.74, 6) is 2.16. The van der Waals surface area contributed by atoms with Gasteiger partial charge in [0.2, 0.25) is 10.0 Å². The van der Waals surface area contributed by atoms with Gasteiger partial charge in [-0.3, -0.25) is 4.90 Å². The van der Waals surface area contributed by atoms with Gasteiger partial charge in [-0.15, -0.1) is 0 Å². The smallest absolute Gasteiger partial charge is 0.233 e. The zero-order valence-corrected chi connectivity index (χ0v) is 16.0. The number of ether oxygens (including phenoxy) is 1. The summed E-state index contributed by atoms with van der Waals surface area (Å²) in [6.07, 6.45) is 3.67. The van der Waals surface area contributed by atoms with E-state index >= 15 is 0 Å². The molecule has 2 heterocycles. The zero-order chi connectivity index (χ0) is 17.6. The van der Waals surface area contributed by atoms with Gasteiger partial charge in [-0.05, 0) is 36.0 Å². The van der Waals surface area contributed by atoms with Crippen molar-refractivity contribution in [3.05, 3.63) is 41.3 Å². The Morgan fingerprint density at radius 1 is 1.16 bits per heavy atom. The summed E-state index contributed by atoms with van der Waals surface area (Å²) in [4.78, 5) is 2.43. The molecule has 2 aliphatic heterocycles. The van der Waals surface area contributed by atoms with E-state index in [4.69, 9.17) is 4.74 Å². The largest absolute Gasteiger partial charge is 0.379 e. The van der Waals surface area contributed by atoms with Gasteiger partial charge >= 0.3 is 0 Å². The van der Waals surface area contributed by atoms with Gasteiger partial charge in [0.1, 0.15) is 0 Å². The summed E-state index contributed by atoms with van der Waals surface area (Å²) in [6.45, 7) is 3.69. The number of sulfonamides is 1. The number of nitrogens with zero attached hydrogens (tertiary/aromatic N) is 1. The van der Waals surface area contributed by atoms with Gasteiger partial charge in [0.25, 0.3) is 0 Å². The average Bonchev–Trinajstić information content (AvgIpc) is 2.67. The predicted molar refractivity (Wildman–Crippen MR) is 104 cm³/mol. The minimum absolute atomic E-state index is 0.0807. The Kier molecular flexibility index (Phi) is 6.57. The summed E-state index contributed by atoms with van der Waals surface area (Å²) in [6, 6.07) is 9.48. The standard InChI is InChI=1S/C18H26N2O3S2/c21-25(22,15-6-17-4-2-1-3-5-17)19-16-18(7-13-24-14-8-18)20-9-11-23-12-10-20/h1-6,15,19H,7-14,16H2/b15-6+. The maximum absolute atomic E-state index is 12.4. The lowest BCUT2D eigenvalue weighted by atomic mass is 9.89. The first kappa shape index (κ1) is 18.9. The van der Waals surface area contributed by atoms with Crippen LogP contribution in [0.1, 0.15) is 18.4 Å². The molecule has 1 aromatic carbocycles. The van der Waals surface area contributed by atoms with E-state index in [0.29, 0.717) is 6.54 Å². The quantitative estimate of drug-likeness (QED) is 0.817. The SMILES string of the molecule is O=S(=O)(/C=C/c1ccccc1)NCC1(N2CCOCC2)CCSCC1. The molecule has 2 fully saturated rings. The zero-order valence-electron chi connectivity index (χ0n) is 14.4. The molecule has 0 radical (unpaired) electrons. The summed E-state index contributed by atoms with van der Waals surface area (Å²) >= 11 is 1.95. The number of benzene rings is 1. The third-order valence-electron chi connectivity index (χ3n) is 4.95. The van der Waals surface area contributed by atoms with Crippen molar-refractivity contribution in [3.63, 3.8) is 0 Å². The molecular formula is C18H26N2O3S2. The number of thioether (sulfide) groups is 1. The van der Waals surface area contributed by atoms with Crippen LogP contribution in [0.25, 0.3) is 6.08 Å². The first-order valence-electron chi connectivity index (χ1n) is 8.73. The third kappa shape index (κ3) is 5.31. The van der Waals surface area contributed by atoms with Crippen LogP contribution in [0.2, 0.25) is 0 Å².